The van der Waals surface area contributed by atoms with Crippen LogP contribution in [0.5, 0.6) is 5.75 Å². The second kappa shape index (κ2) is 7.99. The summed E-state index contributed by atoms with van der Waals surface area (Å²) in [5, 5.41) is 10.5. The number of rotatable bonds is 5. The smallest absolute Gasteiger partial charge is 0.343 e. The van der Waals surface area contributed by atoms with Crippen LogP contribution in [0.4, 0.5) is 0 Å². The first kappa shape index (κ1) is 20.5. The number of aryl methyl sites for hydroxylation is 2. The highest BCUT2D eigenvalue weighted by Gasteiger charge is 2.28. The van der Waals surface area contributed by atoms with Crippen LogP contribution in [0.3, 0.4) is 0 Å². The number of aliphatic hydroxyl groups is 1. The normalized spacial score (nSPS) is 15.1. The number of carbonyl (C=O) groups excluding carboxylic acids is 1. The molecule has 1 aliphatic rings. The summed E-state index contributed by atoms with van der Waals surface area (Å²) in [5.41, 5.74) is 5.88. The molecule has 6 nitrogen and oxygen atoms in total. The van der Waals surface area contributed by atoms with Crippen LogP contribution in [0.2, 0.25) is 0 Å². The van der Waals surface area contributed by atoms with Crippen LogP contribution in [-0.2, 0) is 9.53 Å². The Morgan fingerprint density at radius 2 is 1.93 bits per heavy atom. The van der Waals surface area contributed by atoms with Crippen molar-refractivity contribution in [2.75, 3.05) is 13.7 Å². The first-order chi connectivity index (χ1) is 13.8. The Balaban J connectivity index is 2.09. The van der Waals surface area contributed by atoms with Crippen molar-refractivity contribution >= 4 is 17.8 Å². The Hall–Kier alpha value is -3.28. The maximum Gasteiger partial charge on any atom is 0.343 e. The molecule has 0 unspecified atom stereocenters. The van der Waals surface area contributed by atoms with Gasteiger partial charge >= 0.3 is 5.97 Å². The van der Waals surface area contributed by atoms with E-state index in [4.69, 9.17) is 9.47 Å². The summed E-state index contributed by atoms with van der Waals surface area (Å²) in [7, 11) is 1.65. The average Bonchev–Trinajstić information content (AvgIpc) is 3.10. The molecule has 2 aromatic rings. The van der Waals surface area contributed by atoms with E-state index >= 15 is 0 Å². The van der Waals surface area contributed by atoms with Crippen LogP contribution in [0, 0.1) is 20.8 Å². The Kier molecular flexibility index (Phi) is 5.64. The number of esters is 1. The number of aliphatic imine (C=N–C) groups is 1. The number of ether oxygens (including phenoxy) is 2. The number of methoxy groups -OCH3 is 1. The fourth-order valence-electron chi connectivity index (χ4n) is 3.56. The molecule has 0 amide bonds. The van der Waals surface area contributed by atoms with Crippen molar-refractivity contribution in [2.24, 2.45) is 4.99 Å². The van der Waals surface area contributed by atoms with Gasteiger partial charge in [0.25, 0.3) is 0 Å². The summed E-state index contributed by atoms with van der Waals surface area (Å²) in [4.78, 5) is 16.5. The molecule has 3 rings (SSSR count). The highest BCUT2D eigenvalue weighted by Crippen LogP contribution is 2.32. The molecule has 0 atom stereocenters. The predicted octanol–water partition coefficient (Wildman–Crippen LogP) is 4.60. The van der Waals surface area contributed by atoms with E-state index in [2.05, 4.69) is 15.6 Å². The largest absolute Gasteiger partial charge is 0.505 e. The minimum atomic E-state index is -0.565. The van der Waals surface area contributed by atoms with Crippen molar-refractivity contribution in [3.63, 3.8) is 0 Å². The predicted molar refractivity (Wildman–Crippen MR) is 114 cm³/mol. The Morgan fingerprint density at radius 3 is 2.59 bits per heavy atom. The molecule has 0 saturated heterocycles. The zero-order chi connectivity index (χ0) is 21.3. The molecule has 0 saturated carbocycles. The lowest BCUT2D eigenvalue weighted by Gasteiger charge is -2.14. The summed E-state index contributed by atoms with van der Waals surface area (Å²) < 4.78 is 12.7. The monoisotopic (exact) mass is 394 g/mol. The van der Waals surface area contributed by atoms with Crippen molar-refractivity contribution in [1.29, 1.82) is 0 Å². The van der Waals surface area contributed by atoms with Gasteiger partial charge in [0, 0.05) is 11.4 Å². The molecule has 1 N–H and O–H groups in total. The summed E-state index contributed by atoms with van der Waals surface area (Å²) in [6.07, 6.45) is 1.78. The molecule has 2 heterocycles. The highest BCUT2D eigenvalue weighted by atomic mass is 16.5. The molecule has 0 aliphatic carbocycles. The minimum absolute atomic E-state index is 0.118. The van der Waals surface area contributed by atoms with Crippen molar-refractivity contribution in [3.8, 4) is 11.4 Å². The molecule has 0 fully saturated rings. The number of hydrogen-bond acceptors (Lipinski definition) is 5. The van der Waals surface area contributed by atoms with Gasteiger partial charge in [-0.3, -0.25) is 0 Å². The maximum atomic E-state index is 12.1. The van der Waals surface area contributed by atoms with Gasteiger partial charge in [0.1, 0.15) is 17.0 Å². The van der Waals surface area contributed by atoms with Crippen molar-refractivity contribution in [1.82, 2.24) is 4.57 Å². The fraction of sp³-hybridized carbons (Fsp3) is 0.304. The van der Waals surface area contributed by atoms with Gasteiger partial charge in [0.15, 0.2) is 5.76 Å². The maximum absolute atomic E-state index is 12.1. The average molecular weight is 394 g/mol. The molecular weight excluding hydrogens is 368 g/mol. The molecule has 0 spiro atoms. The number of aliphatic hydroxyl groups excluding tert-OH is 1. The van der Waals surface area contributed by atoms with E-state index in [0.29, 0.717) is 11.4 Å². The van der Waals surface area contributed by atoms with E-state index < -0.39 is 5.97 Å². The Labute approximate surface area is 170 Å². The quantitative estimate of drug-likeness (QED) is 0.752. The van der Waals surface area contributed by atoms with Crippen LogP contribution in [-0.4, -0.2) is 35.1 Å². The minimum Gasteiger partial charge on any atom is -0.505 e. The van der Waals surface area contributed by atoms with Gasteiger partial charge in [-0.1, -0.05) is 6.07 Å². The van der Waals surface area contributed by atoms with Crippen LogP contribution < -0.4 is 4.74 Å². The molecule has 152 valence electrons. The van der Waals surface area contributed by atoms with Crippen LogP contribution in [0.25, 0.3) is 11.8 Å². The van der Waals surface area contributed by atoms with E-state index in [-0.39, 0.29) is 17.9 Å². The van der Waals surface area contributed by atoms with Crippen LogP contribution >= 0.6 is 0 Å². The number of nitrogens with zero attached hydrogens (tertiary/aromatic N) is 2. The third kappa shape index (κ3) is 3.70. The van der Waals surface area contributed by atoms with Gasteiger partial charge in [-0.2, -0.15) is 0 Å². The van der Waals surface area contributed by atoms with E-state index in [9.17, 15) is 9.90 Å². The van der Waals surface area contributed by atoms with Crippen molar-refractivity contribution in [2.45, 2.75) is 34.6 Å². The molecule has 0 radical (unpaired) electrons. The zero-order valence-corrected chi connectivity index (χ0v) is 17.7. The van der Waals surface area contributed by atoms with Crippen LogP contribution in [0.15, 0.2) is 46.3 Å². The molecular formula is C23H26N2O4. The van der Waals surface area contributed by atoms with Gasteiger partial charge < -0.3 is 19.1 Å². The lowest BCUT2D eigenvalue weighted by atomic mass is 10.1. The first-order valence-corrected chi connectivity index (χ1v) is 9.50. The Bertz CT molecular complexity index is 1070. The zero-order valence-electron chi connectivity index (χ0n) is 17.7. The highest BCUT2D eigenvalue weighted by molar-refractivity contribution is 6.22. The van der Waals surface area contributed by atoms with Gasteiger partial charge in [0.05, 0.1) is 25.1 Å². The molecule has 1 aromatic carbocycles. The summed E-state index contributed by atoms with van der Waals surface area (Å²) in [5.74, 6) is 0.0576. The first-order valence-electron chi connectivity index (χ1n) is 9.50. The van der Waals surface area contributed by atoms with Gasteiger partial charge in [0.2, 0.25) is 0 Å². The molecule has 0 bridgehead atoms. The number of aromatic nitrogens is 1. The van der Waals surface area contributed by atoms with Gasteiger partial charge in [-0.25, -0.2) is 9.79 Å². The van der Waals surface area contributed by atoms with Gasteiger partial charge in [-0.15, -0.1) is 0 Å². The standard InChI is InChI=1S/C23H26N2O4/c1-7-29-23(27)21-15(4)24-18(22(21)26)12-17-11-14(3)25(16(17)5)19-10-13(2)8-9-20(19)28-6/h8-12,26H,7H2,1-6H3/b18-12-. The molecule has 1 aromatic heterocycles. The van der Waals surface area contributed by atoms with E-state index in [0.717, 1.165) is 34.0 Å². The fourth-order valence-corrected chi connectivity index (χ4v) is 3.56. The second-order valence-electron chi connectivity index (χ2n) is 7.01. The van der Waals surface area contributed by atoms with E-state index in [1.54, 1.807) is 27.0 Å². The van der Waals surface area contributed by atoms with Crippen molar-refractivity contribution < 1.29 is 19.4 Å². The van der Waals surface area contributed by atoms with Crippen LogP contribution in [0.1, 0.15) is 36.4 Å². The molecule has 29 heavy (non-hydrogen) atoms. The number of hydrogen-bond donors (Lipinski definition) is 1. The van der Waals surface area contributed by atoms with E-state index in [1.165, 1.54) is 0 Å². The third-order valence-corrected chi connectivity index (χ3v) is 4.95. The lowest BCUT2D eigenvalue weighted by Crippen LogP contribution is -2.13. The third-order valence-electron chi connectivity index (χ3n) is 4.95. The molecule has 1 aliphatic heterocycles. The summed E-state index contributed by atoms with van der Waals surface area (Å²) in [6, 6.07) is 8.05. The topological polar surface area (TPSA) is 73.0 Å². The summed E-state index contributed by atoms with van der Waals surface area (Å²) in [6.45, 7) is 9.70. The van der Waals surface area contributed by atoms with Gasteiger partial charge in [-0.05, 0) is 70.0 Å². The van der Waals surface area contributed by atoms with Crippen molar-refractivity contribution in [3.05, 3.63) is 63.8 Å². The number of benzene rings is 1. The SMILES string of the molecule is CCOC(=O)C1=C(O)/C(=C/c2cc(C)n(-c3cc(C)ccc3OC)c2C)N=C1C. The van der Waals surface area contributed by atoms with E-state index in [1.807, 2.05) is 39.0 Å². The lowest BCUT2D eigenvalue weighted by molar-refractivity contribution is -0.138. The number of carbonyl (C=O) groups is 1. The summed E-state index contributed by atoms with van der Waals surface area (Å²) >= 11 is 0. The molecule has 6 heteroatoms. The Morgan fingerprint density at radius 1 is 1.21 bits per heavy atom. The second-order valence-corrected chi connectivity index (χ2v) is 7.01.